The van der Waals surface area contributed by atoms with Crippen LogP contribution in [0.25, 0.3) is 0 Å². The first-order valence-electron chi connectivity index (χ1n) is 6.44. The number of hydrogen-bond acceptors (Lipinski definition) is 5. The van der Waals surface area contributed by atoms with Crippen LogP contribution in [0.1, 0.15) is 24.4 Å². The molecule has 0 radical (unpaired) electrons. The second-order valence-corrected chi connectivity index (χ2v) is 5.31. The lowest BCUT2D eigenvalue weighted by molar-refractivity contribution is 0.196. The van der Waals surface area contributed by atoms with Crippen LogP contribution in [0.4, 0.5) is 0 Å². The fraction of sp³-hybridized carbons (Fsp3) is 0.462. The molecular formula is C13H18BrN5O. The van der Waals surface area contributed by atoms with Gasteiger partial charge in [-0.3, -0.25) is 0 Å². The van der Waals surface area contributed by atoms with Crippen LogP contribution in [0.2, 0.25) is 0 Å². The van der Waals surface area contributed by atoms with Crippen molar-refractivity contribution < 1.29 is 4.74 Å². The molecule has 1 N–H and O–H groups in total. The van der Waals surface area contributed by atoms with Crippen molar-refractivity contribution in [1.29, 1.82) is 0 Å². The van der Waals surface area contributed by atoms with Gasteiger partial charge < -0.3 is 10.1 Å². The smallest absolute Gasteiger partial charge is 0.168 e. The maximum absolute atomic E-state index is 5.02. The predicted octanol–water partition coefficient (Wildman–Crippen LogP) is 1.78. The number of tetrazole rings is 1. The highest BCUT2D eigenvalue weighted by Gasteiger charge is 2.14. The average molecular weight is 340 g/mol. The lowest BCUT2D eigenvalue weighted by Crippen LogP contribution is -2.26. The monoisotopic (exact) mass is 339 g/mol. The van der Waals surface area contributed by atoms with Gasteiger partial charge in [0.25, 0.3) is 0 Å². The molecule has 0 saturated carbocycles. The molecule has 1 atom stereocenters. The zero-order valence-corrected chi connectivity index (χ0v) is 13.2. The minimum absolute atomic E-state index is 0.0719. The summed E-state index contributed by atoms with van der Waals surface area (Å²) in [7, 11) is 1.68. The van der Waals surface area contributed by atoms with Crippen LogP contribution < -0.4 is 5.32 Å². The van der Waals surface area contributed by atoms with Gasteiger partial charge in [-0.1, -0.05) is 34.1 Å². The molecule has 1 unspecified atom stereocenters. The molecule has 0 spiro atoms. The molecular weight excluding hydrogens is 322 g/mol. The van der Waals surface area contributed by atoms with E-state index in [4.69, 9.17) is 4.74 Å². The Morgan fingerprint density at radius 1 is 1.40 bits per heavy atom. The summed E-state index contributed by atoms with van der Waals surface area (Å²) in [5.41, 5.74) is 1.14. The molecule has 1 aromatic heterocycles. The first-order chi connectivity index (χ1) is 9.72. The number of benzene rings is 1. The zero-order chi connectivity index (χ0) is 14.4. The van der Waals surface area contributed by atoms with Gasteiger partial charge in [0.1, 0.15) is 0 Å². The zero-order valence-electron chi connectivity index (χ0n) is 11.6. The summed E-state index contributed by atoms with van der Waals surface area (Å²) in [6.45, 7) is 4.10. The summed E-state index contributed by atoms with van der Waals surface area (Å²) in [4.78, 5) is 0. The van der Waals surface area contributed by atoms with Gasteiger partial charge in [0.2, 0.25) is 0 Å². The molecule has 2 aromatic rings. The van der Waals surface area contributed by atoms with Gasteiger partial charge in [0.15, 0.2) is 5.82 Å². The number of methoxy groups -OCH3 is 1. The van der Waals surface area contributed by atoms with E-state index in [1.165, 1.54) is 0 Å². The van der Waals surface area contributed by atoms with E-state index < -0.39 is 0 Å². The van der Waals surface area contributed by atoms with Crippen molar-refractivity contribution in [3.05, 3.63) is 40.1 Å². The number of halogens is 1. The van der Waals surface area contributed by atoms with Gasteiger partial charge in [0, 0.05) is 18.1 Å². The molecule has 0 aliphatic rings. The Hall–Kier alpha value is -1.31. The molecule has 20 heavy (non-hydrogen) atoms. The quantitative estimate of drug-likeness (QED) is 0.779. The number of hydrogen-bond donors (Lipinski definition) is 1. The van der Waals surface area contributed by atoms with Crippen molar-refractivity contribution in [2.45, 2.75) is 19.5 Å². The summed E-state index contributed by atoms with van der Waals surface area (Å²) in [6, 6.07) is 8.13. The molecule has 1 heterocycles. The minimum atomic E-state index is 0.0719. The van der Waals surface area contributed by atoms with E-state index in [2.05, 4.69) is 42.8 Å². The standard InChI is InChI=1S/C13H18BrN5O/c1-10(15-7-8-20-2)13-16-17-18-19(13)9-11-5-3-4-6-12(11)14/h3-6,10,15H,7-9H2,1-2H3. The van der Waals surface area contributed by atoms with E-state index in [9.17, 15) is 0 Å². The van der Waals surface area contributed by atoms with Crippen molar-refractivity contribution in [2.75, 3.05) is 20.3 Å². The third-order valence-electron chi connectivity index (χ3n) is 2.98. The summed E-state index contributed by atoms with van der Waals surface area (Å²) in [5, 5.41) is 15.3. The fourth-order valence-corrected chi connectivity index (χ4v) is 2.30. The normalized spacial score (nSPS) is 12.6. The molecule has 7 heteroatoms. The second-order valence-electron chi connectivity index (χ2n) is 4.45. The van der Waals surface area contributed by atoms with E-state index in [0.29, 0.717) is 13.2 Å². The van der Waals surface area contributed by atoms with Crippen molar-refractivity contribution in [3.8, 4) is 0 Å². The van der Waals surface area contributed by atoms with Crippen LogP contribution in [-0.2, 0) is 11.3 Å². The Morgan fingerprint density at radius 3 is 2.95 bits per heavy atom. The Labute approximate surface area is 126 Å². The van der Waals surface area contributed by atoms with Crippen LogP contribution in [-0.4, -0.2) is 40.5 Å². The first kappa shape index (κ1) is 15.1. The van der Waals surface area contributed by atoms with Gasteiger partial charge in [-0.2, -0.15) is 0 Å². The second kappa shape index (κ2) is 7.47. The molecule has 1 aromatic carbocycles. The Morgan fingerprint density at radius 2 is 2.20 bits per heavy atom. The number of aromatic nitrogens is 4. The molecule has 0 bridgehead atoms. The number of nitrogens with one attached hydrogen (secondary N) is 1. The lowest BCUT2D eigenvalue weighted by atomic mass is 10.2. The number of ether oxygens (including phenoxy) is 1. The maximum Gasteiger partial charge on any atom is 0.168 e. The third kappa shape index (κ3) is 3.84. The minimum Gasteiger partial charge on any atom is -0.383 e. The maximum atomic E-state index is 5.02. The van der Waals surface area contributed by atoms with Crippen molar-refractivity contribution >= 4 is 15.9 Å². The number of rotatable bonds is 7. The van der Waals surface area contributed by atoms with Crippen molar-refractivity contribution in [2.24, 2.45) is 0 Å². The SMILES string of the molecule is COCCNC(C)c1nnnn1Cc1ccccc1Br. The highest BCUT2D eigenvalue weighted by Crippen LogP contribution is 2.18. The molecule has 2 rings (SSSR count). The molecule has 0 aliphatic carbocycles. The van der Waals surface area contributed by atoms with Crippen molar-refractivity contribution in [1.82, 2.24) is 25.5 Å². The largest absolute Gasteiger partial charge is 0.383 e. The van der Waals surface area contributed by atoms with E-state index >= 15 is 0 Å². The van der Waals surface area contributed by atoms with Crippen LogP contribution in [0.3, 0.4) is 0 Å². The average Bonchev–Trinajstić information content (AvgIpc) is 2.90. The first-order valence-corrected chi connectivity index (χ1v) is 7.23. The Kier molecular flexibility index (Phi) is 5.63. The van der Waals surface area contributed by atoms with Gasteiger partial charge >= 0.3 is 0 Å². The predicted molar refractivity (Wildman–Crippen MR) is 79.4 cm³/mol. The number of nitrogens with zero attached hydrogens (tertiary/aromatic N) is 4. The fourth-order valence-electron chi connectivity index (χ4n) is 1.89. The van der Waals surface area contributed by atoms with Crippen molar-refractivity contribution in [3.63, 3.8) is 0 Å². The molecule has 0 fully saturated rings. The third-order valence-corrected chi connectivity index (χ3v) is 3.76. The molecule has 0 aliphatic heterocycles. The summed E-state index contributed by atoms with van der Waals surface area (Å²) < 4.78 is 7.89. The Bertz CT molecular complexity index is 545. The summed E-state index contributed by atoms with van der Waals surface area (Å²) in [5.74, 6) is 0.817. The molecule has 0 saturated heterocycles. The van der Waals surface area contributed by atoms with Gasteiger partial charge in [-0.25, -0.2) is 4.68 Å². The summed E-state index contributed by atoms with van der Waals surface area (Å²) >= 11 is 3.54. The van der Waals surface area contributed by atoms with Crippen LogP contribution in [0.15, 0.2) is 28.7 Å². The Balaban J connectivity index is 2.07. The molecule has 6 nitrogen and oxygen atoms in total. The van der Waals surface area contributed by atoms with Crippen LogP contribution in [0, 0.1) is 0 Å². The molecule has 108 valence electrons. The van der Waals surface area contributed by atoms with E-state index in [1.54, 1.807) is 7.11 Å². The van der Waals surface area contributed by atoms with Crippen LogP contribution >= 0.6 is 15.9 Å². The van der Waals surface area contributed by atoms with E-state index in [-0.39, 0.29) is 6.04 Å². The van der Waals surface area contributed by atoms with Gasteiger partial charge in [0.05, 0.1) is 19.2 Å². The van der Waals surface area contributed by atoms with E-state index in [0.717, 1.165) is 22.4 Å². The van der Waals surface area contributed by atoms with Gasteiger partial charge in [-0.05, 0) is 29.0 Å². The lowest BCUT2D eigenvalue weighted by Gasteiger charge is -2.13. The van der Waals surface area contributed by atoms with Crippen LogP contribution in [0.5, 0.6) is 0 Å². The van der Waals surface area contributed by atoms with Gasteiger partial charge in [-0.15, -0.1) is 5.10 Å². The molecule has 0 amide bonds. The van der Waals surface area contributed by atoms with E-state index in [1.807, 2.05) is 29.8 Å². The topological polar surface area (TPSA) is 64.9 Å². The highest BCUT2D eigenvalue weighted by molar-refractivity contribution is 9.10. The summed E-state index contributed by atoms with van der Waals surface area (Å²) in [6.07, 6.45) is 0. The highest BCUT2D eigenvalue weighted by atomic mass is 79.9.